The maximum Gasteiger partial charge on any atom is 0.254 e. The molecule has 0 bridgehead atoms. The first kappa shape index (κ1) is 16.3. The molecule has 1 aliphatic rings. The minimum Gasteiger partial charge on any atom is -0.436 e. The minimum atomic E-state index is -0.402. The van der Waals surface area contributed by atoms with Gasteiger partial charge in [0.1, 0.15) is 11.6 Å². The van der Waals surface area contributed by atoms with Crippen molar-refractivity contribution >= 4 is 22.9 Å². The van der Waals surface area contributed by atoms with E-state index in [4.69, 9.17) is 4.42 Å². The fraction of sp³-hybridized carbons (Fsp3) is 0.250. The maximum atomic E-state index is 12.9. The first-order valence-corrected chi connectivity index (χ1v) is 8.66. The molecule has 1 N–H and O–H groups in total. The number of benzene rings is 2. The number of aromatic nitrogens is 1. The second-order valence-electron chi connectivity index (χ2n) is 6.34. The highest BCUT2D eigenvalue weighted by Gasteiger charge is 2.34. The Balaban J connectivity index is 1.65. The van der Waals surface area contributed by atoms with E-state index in [0.29, 0.717) is 30.0 Å². The summed E-state index contributed by atoms with van der Waals surface area (Å²) in [5.41, 5.74) is 2.75. The van der Waals surface area contributed by atoms with Crippen molar-refractivity contribution in [1.29, 1.82) is 0 Å². The van der Waals surface area contributed by atoms with E-state index >= 15 is 0 Å². The lowest BCUT2D eigenvalue weighted by Gasteiger charge is -2.23. The second-order valence-corrected chi connectivity index (χ2v) is 6.34. The molecule has 1 aromatic heterocycles. The molecule has 6 heteroatoms. The minimum absolute atomic E-state index is 0.119. The number of likely N-dealkylation sites (N-methyl/N-ethyl adjacent to an activating group) is 1. The molecule has 0 aliphatic carbocycles. The molecule has 0 spiro atoms. The van der Waals surface area contributed by atoms with E-state index in [2.05, 4.69) is 10.3 Å². The normalized spacial score (nSPS) is 16.8. The number of hydrogen-bond acceptors (Lipinski definition) is 4. The first-order valence-electron chi connectivity index (χ1n) is 8.66. The van der Waals surface area contributed by atoms with Crippen molar-refractivity contribution in [1.82, 2.24) is 15.2 Å². The third-order valence-corrected chi connectivity index (χ3v) is 4.71. The van der Waals surface area contributed by atoms with Crippen molar-refractivity contribution in [2.75, 3.05) is 13.6 Å². The molecule has 0 unspecified atom stereocenters. The number of nitrogens with zero attached hydrogens (tertiary/aromatic N) is 2. The van der Waals surface area contributed by atoms with Crippen LogP contribution in [0.1, 0.15) is 23.2 Å². The van der Waals surface area contributed by atoms with Crippen LogP contribution >= 0.6 is 0 Å². The van der Waals surface area contributed by atoms with Crippen molar-refractivity contribution in [2.24, 2.45) is 0 Å². The van der Waals surface area contributed by atoms with Gasteiger partial charge >= 0.3 is 0 Å². The number of para-hydroxylation sites is 2. The largest absolute Gasteiger partial charge is 0.436 e. The van der Waals surface area contributed by atoms with Crippen LogP contribution in [0.3, 0.4) is 0 Å². The topological polar surface area (TPSA) is 75.4 Å². The summed E-state index contributed by atoms with van der Waals surface area (Å²) in [6, 6.07) is 14.3. The summed E-state index contributed by atoms with van der Waals surface area (Å²) in [5.74, 6) is 0.213. The monoisotopic (exact) mass is 349 g/mol. The van der Waals surface area contributed by atoms with Crippen LogP contribution in [0.15, 0.2) is 52.9 Å². The molecule has 4 rings (SSSR count). The third kappa shape index (κ3) is 2.83. The van der Waals surface area contributed by atoms with Gasteiger partial charge in [-0.1, -0.05) is 18.2 Å². The summed E-state index contributed by atoms with van der Waals surface area (Å²) in [4.78, 5) is 31.1. The summed E-state index contributed by atoms with van der Waals surface area (Å²) in [6.45, 7) is 0.587. The Hall–Kier alpha value is -3.15. The Morgan fingerprint density at radius 2 is 2.04 bits per heavy atom. The zero-order valence-electron chi connectivity index (χ0n) is 14.4. The van der Waals surface area contributed by atoms with Gasteiger partial charge in [0.2, 0.25) is 11.8 Å². The van der Waals surface area contributed by atoms with Crippen LogP contribution in [0.5, 0.6) is 0 Å². The molecule has 1 fully saturated rings. The Morgan fingerprint density at radius 1 is 1.19 bits per heavy atom. The average Bonchev–Trinajstić information content (AvgIpc) is 3.33. The smallest absolute Gasteiger partial charge is 0.254 e. The second kappa shape index (κ2) is 6.63. The molecule has 3 aromatic rings. The molecule has 1 atom stereocenters. The lowest BCUT2D eigenvalue weighted by atomic mass is 10.1. The van der Waals surface area contributed by atoms with Gasteiger partial charge in [0.15, 0.2) is 5.58 Å². The van der Waals surface area contributed by atoms with Crippen LogP contribution < -0.4 is 5.32 Å². The van der Waals surface area contributed by atoms with Crippen LogP contribution in [0.25, 0.3) is 22.6 Å². The van der Waals surface area contributed by atoms with E-state index in [-0.39, 0.29) is 11.8 Å². The number of carbonyl (C=O) groups excluding carboxylic acids is 2. The van der Waals surface area contributed by atoms with Crippen LogP contribution in [-0.2, 0) is 4.79 Å². The lowest BCUT2D eigenvalue weighted by molar-refractivity contribution is -0.124. The van der Waals surface area contributed by atoms with E-state index in [1.54, 1.807) is 24.1 Å². The van der Waals surface area contributed by atoms with Crippen LogP contribution in [0, 0.1) is 0 Å². The molecule has 2 heterocycles. The number of fused-ring (bicyclic) bond motifs is 1. The van der Waals surface area contributed by atoms with Crippen molar-refractivity contribution in [3.8, 4) is 11.5 Å². The fourth-order valence-corrected chi connectivity index (χ4v) is 3.40. The maximum absolute atomic E-state index is 12.9. The molecule has 6 nitrogen and oxygen atoms in total. The van der Waals surface area contributed by atoms with E-state index in [9.17, 15) is 9.59 Å². The van der Waals surface area contributed by atoms with Crippen molar-refractivity contribution < 1.29 is 14.0 Å². The number of carbonyl (C=O) groups is 2. The SMILES string of the molecule is CNC(=O)[C@@H]1CCCN1C(=O)c1cccc(-c2nc3ccccc3o2)c1. The van der Waals surface area contributed by atoms with Crippen LogP contribution in [-0.4, -0.2) is 41.3 Å². The Bertz CT molecular complexity index is 946. The quantitative estimate of drug-likeness (QED) is 0.789. The van der Waals surface area contributed by atoms with Gasteiger partial charge in [-0.3, -0.25) is 9.59 Å². The highest BCUT2D eigenvalue weighted by molar-refractivity contribution is 5.98. The highest BCUT2D eigenvalue weighted by Crippen LogP contribution is 2.26. The van der Waals surface area contributed by atoms with E-state index < -0.39 is 6.04 Å². The van der Waals surface area contributed by atoms with Gasteiger partial charge in [0.05, 0.1) is 0 Å². The number of amides is 2. The van der Waals surface area contributed by atoms with Gasteiger partial charge in [-0.25, -0.2) is 4.98 Å². The molecule has 0 saturated carbocycles. The Morgan fingerprint density at radius 3 is 2.85 bits per heavy atom. The summed E-state index contributed by atoms with van der Waals surface area (Å²) >= 11 is 0. The first-order chi connectivity index (χ1) is 12.7. The molecule has 1 saturated heterocycles. The molecule has 132 valence electrons. The lowest BCUT2D eigenvalue weighted by Crippen LogP contribution is -2.44. The number of hydrogen-bond donors (Lipinski definition) is 1. The van der Waals surface area contributed by atoms with Crippen molar-refractivity contribution in [3.05, 3.63) is 54.1 Å². The summed E-state index contributed by atoms with van der Waals surface area (Å²) in [7, 11) is 1.59. The average molecular weight is 349 g/mol. The Kier molecular flexibility index (Phi) is 4.16. The van der Waals surface area contributed by atoms with E-state index in [1.165, 1.54) is 0 Å². The third-order valence-electron chi connectivity index (χ3n) is 4.71. The molecule has 1 aliphatic heterocycles. The molecular formula is C20H19N3O3. The highest BCUT2D eigenvalue weighted by atomic mass is 16.3. The Labute approximate surface area is 150 Å². The van der Waals surface area contributed by atoms with Gasteiger partial charge in [-0.2, -0.15) is 0 Å². The summed E-state index contributed by atoms with van der Waals surface area (Å²) in [6.07, 6.45) is 1.52. The van der Waals surface area contributed by atoms with E-state index in [1.807, 2.05) is 36.4 Å². The zero-order chi connectivity index (χ0) is 18.1. The summed E-state index contributed by atoms with van der Waals surface area (Å²) in [5, 5.41) is 2.64. The fourth-order valence-electron chi connectivity index (χ4n) is 3.40. The van der Waals surface area contributed by atoms with Gasteiger partial charge in [0.25, 0.3) is 5.91 Å². The number of nitrogens with one attached hydrogen (secondary N) is 1. The molecule has 26 heavy (non-hydrogen) atoms. The predicted molar refractivity (Wildman–Crippen MR) is 97.6 cm³/mol. The van der Waals surface area contributed by atoms with Gasteiger partial charge < -0.3 is 14.6 Å². The van der Waals surface area contributed by atoms with Gasteiger partial charge in [-0.15, -0.1) is 0 Å². The van der Waals surface area contributed by atoms with Crippen molar-refractivity contribution in [3.63, 3.8) is 0 Å². The number of likely N-dealkylation sites (tertiary alicyclic amines) is 1. The predicted octanol–water partition coefficient (Wildman–Crippen LogP) is 2.85. The summed E-state index contributed by atoms with van der Waals surface area (Å²) < 4.78 is 5.79. The van der Waals surface area contributed by atoms with E-state index in [0.717, 1.165) is 17.5 Å². The molecule has 2 amide bonds. The van der Waals surface area contributed by atoms with Crippen molar-refractivity contribution in [2.45, 2.75) is 18.9 Å². The van der Waals surface area contributed by atoms with Crippen LogP contribution in [0.2, 0.25) is 0 Å². The number of oxazole rings is 1. The van der Waals surface area contributed by atoms with Gasteiger partial charge in [0, 0.05) is 24.7 Å². The zero-order valence-corrected chi connectivity index (χ0v) is 14.4. The molecular weight excluding hydrogens is 330 g/mol. The molecule has 0 radical (unpaired) electrons. The number of rotatable bonds is 3. The van der Waals surface area contributed by atoms with Gasteiger partial charge in [-0.05, 0) is 43.2 Å². The molecule has 2 aromatic carbocycles. The standard InChI is InChI=1S/C20H19N3O3/c1-21-18(24)16-9-5-11-23(16)20(25)14-7-4-6-13(12-14)19-22-15-8-2-3-10-17(15)26-19/h2-4,6-8,10,12,16H,5,9,11H2,1H3,(H,21,24)/t16-/m0/s1. The van der Waals surface area contributed by atoms with Crippen LogP contribution in [0.4, 0.5) is 0 Å².